The van der Waals surface area contributed by atoms with Gasteiger partial charge in [0, 0.05) is 18.6 Å². The van der Waals surface area contributed by atoms with Gasteiger partial charge >= 0.3 is 5.97 Å². The van der Waals surface area contributed by atoms with Crippen LogP contribution < -0.4 is 5.32 Å². The number of rotatable bonds is 3. The molecule has 0 aliphatic carbocycles. The summed E-state index contributed by atoms with van der Waals surface area (Å²) in [6, 6.07) is 3.41. The molecule has 8 heteroatoms. The monoisotopic (exact) mass is 358 g/mol. The molecule has 6 nitrogen and oxygen atoms in total. The normalized spacial score (nSPS) is 20.9. The van der Waals surface area contributed by atoms with Crippen LogP contribution in [0.15, 0.2) is 18.2 Å². The fraction of sp³-hybridized carbons (Fsp3) is 0.400. The van der Waals surface area contributed by atoms with Crippen LogP contribution in [0.2, 0.25) is 10.0 Å². The Morgan fingerprint density at radius 3 is 2.52 bits per heavy atom. The predicted octanol–water partition coefficient (Wildman–Crippen LogP) is 2.04. The Balaban J connectivity index is 2.31. The average Bonchev–Trinajstić information content (AvgIpc) is 2.52. The maximum Gasteiger partial charge on any atom is 0.326 e. The van der Waals surface area contributed by atoms with Gasteiger partial charge in [-0.3, -0.25) is 9.59 Å². The van der Waals surface area contributed by atoms with Crippen molar-refractivity contribution < 1.29 is 19.5 Å². The molecule has 0 spiro atoms. The third kappa shape index (κ3) is 3.76. The van der Waals surface area contributed by atoms with Crippen molar-refractivity contribution >= 4 is 41.0 Å². The van der Waals surface area contributed by atoms with Crippen LogP contribution >= 0.6 is 23.2 Å². The number of carboxylic acids is 1. The first kappa shape index (κ1) is 17.6. The van der Waals surface area contributed by atoms with E-state index in [4.69, 9.17) is 23.2 Å². The molecule has 1 aliphatic rings. The highest BCUT2D eigenvalue weighted by Gasteiger charge is 2.38. The molecule has 0 aromatic heterocycles. The van der Waals surface area contributed by atoms with Crippen molar-refractivity contribution in [3.63, 3.8) is 0 Å². The van der Waals surface area contributed by atoms with E-state index >= 15 is 0 Å². The Morgan fingerprint density at radius 1 is 1.26 bits per heavy atom. The van der Waals surface area contributed by atoms with E-state index in [0.29, 0.717) is 11.4 Å². The molecule has 1 aromatic rings. The molecule has 1 aliphatic heterocycles. The van der Waals surface area contributed by atoms with Crippen molar-refractivity contribution in [1.29, 1.82) is 0 Å². The zero-order valence-electron chi connectivity index (χ0n) is 12.4. The average molecular weight is 359 g/mol. The van der Waals surface area contributed by atoms with Crippen LogP contribution in [-0.2, 0) is 9.59 Å². The van der Waals surface area contributed by atoms with E-state index in [9.17, 15) is 19.5 Å². The molecular formula is C15H16Cl2N2O4. The van der Waals surface area contributed by atoms with Crippen molar-refractivity contribution in [2.24, 2.45) is 5.92 Å². The SMILES string of the molecule is CNC(=O)[C@H]1CC[C@@H](C(=O)O)N(C(=O)c2ccc(Cl)cc2Cl)C1. The first-order valence-corrected chi connectivity index (χ1v) is 7.81. The molecule has 2 amide bonds. The predicted molar refractivity (Wildman–Crippen MR) is 85.7 cm³/mol. The minimum atomic E-state index is -1.10. The summed E-state index contributed by atoms with van der Waals surface area (Å²) in [5.41, 5.74) is 0.167. The number of likely N-dealkylation sites (tertiary alicyclic amines) is 1. The standard InChI is InChI=1S/C15H16Cl2N2O4/c1-18-13(20)8-2-5-12(15(22)23)19(7-8)14(21)10-4-3-9(16)6-11(10)17/h3-4,6,8,12H,2,5,7H2,1H3,(H,18,20)(H,22,23)/t8-,12-/m0/s1. The largest absolute Gasteiger partial charge is 0.480 e. The minimum absolute atomic E-state index is 0.0361. The van der Waals surface area contributed by atoms with Crippen LogP contribution in [-0.4, -0.2) is 47.4 Å². The van der Waals surface area contributed by atoms with Gasteiger partial charge in [0.2, 0.25) is 5.91 Å². The second kappa shape index (κ2) is 7.19. The third-order valence-electron chi connectivity index (χ3n) is 3.91. The second-order valence-electron chi connectivity index (χ2n) is 5.32. The quantitative estimate of drug-likeness (QED) is 0.865. The van der Waals surface area contributed by atoms with E-state index < -0.39 is 23.8 Å². The van der Waals surface area contributed by atoms with Gasteiger partial charge in [-0.2, -0.15) is 0 Å². The van der Waals surface area contributed by atoms with Crippen LogP contribution in [0.5, 0.6) is 0 Å². The molecule has 2 atom stereocenters. The third-order valence-corrected chi connectivity index (χ3v) is 4.45. The minimum Gasteiger partial charge on any atom is -0.480 e. The molecule has 0 radical (unpaired) electrons. The number of benzene rings is 1. The molecule has 0 bridgehead atoms. The summed E-state index contributed by atoms with van der Waals surface area (Å²) in [5.74, 6) is -2.27. The lowest BCUT2D eigenvalue weighted by molar-refractivity contribution is -0.145. The first-order valence-electron chi connectivity index (χ1n) is 7.05. The summed E-state index contributed by atoms with van der Waals surface area (Å²) in [5, 5.41) is 12.4. The van der Waals surface area contributed by atoms with Crippen molar-refractivity contribution in [2.45, 2.75) is 18.9 Å². The number of carbonyl (C=O) groups is 3. The maximum absolute atomic E-state index is 12.7. The lowest BCUT2D eigenvalue weighted by Crippen LogP contribution is -2.53. The summed E-state index contributed by atoms with van der Waals surface area (Å²) >= 11 is 11.9. The van der Waals surface area contributed by atoms with Crippen LogP contribution in [0.1, 0.15) is 23.2 Å². The number of hydrogen-bond acceptors (Lipinski definition) is 3. The number of amides is 2. The fourth-order valence-electron chi connectivity index (χ4n) is 2.69. The zero-order valence-corrected chi connectivity index (χ0v) is 13.9. The Morgan fingerprint density at radius 2 is 1.96 bits per heavy atom. The topological polar surface area (TPSA) is 86.7 Å². The number of halogens is 2. The molecule has 1 aromatic carbocycles. The Bertz CT molecular complexity index is 650. The van der Waals surface area contributed by atoms with E-state index in [1.807, 2.05) is 0 Å². The highest BCUT2D eigenvalue weighted by atomic mass is 35.5. The number of carbonyl (C=O) groups excluding carboxylic acids is 2. The molecule has 23 heavy (non-hydrogen) atoms. The van der Waals surface area contributed by atoms with E-state index in [-0.39, 0.29) is 29.5 Å². The molecule has 2 N–H and O–H groups in total. The van der Waals surface area contributed by atoms with E-state index in [0.717, 1.165) is 0 Å². The van der Waals surface area contributed by atoms with Gasteiger partial charge in [0.1, 0.15) is 6.04 Å². The van der Waals surface area contributed by atoms with Gasteiger partial charge in [-0.25, -0.2) is 4.79 Å². The lowest BCUT2D eigenvalue weighted by Gasteiger charge is -2.37. The van der Waals surface area contributed by atoms with Gasteiger partial charge in [-0.15, -0.1) is 0 Å². The highest BCUT2D eigenvalue weighted by molar-refractivity contribution is 6.36. The van der Waals surface area contributed by atoms with E-state index in [2.05, 4.69) is 5.32 Å². The number of aliphatic carboxylic acids is 1. The van der Waals surface area contributed by atoms with Gasteiger partial charge in [0.15, 0.2) is 0 Å². The number of nitrogens with zero attached hydrogens (tertiary/aromatic N) is 1. The van der Waals surface area contributed by atoms with Crippen LogP contribution in [0.4, 0.5) is 0 Å². The summed E-state index contributed by atoms with van der Waals surface area (Å²) in [6.07, 6.45) is 0.624. The van der Waals surface area contributed by atoms with Crippen LogP contribution in [0.3, 0.4) is 0 Å². The molecule has 1 heterocycles. The molecule has 1 fully saturated rings. The zero-order chi connectivity index (χ0) is 17.1. The van der Waals surface area contributed by atoms with Crippen molar-refractivity contribution in [3.8, 4) is 0 Å². The fourth-order valence-corrected chi connectivity index (χ4v) is 3.18. The molecule has 2 rings (SSSR count). The number of nitrogens with one attached hydrogen (secondary N) is 1. The molecular weight excluding hydrogens is 343 g/mol. The number of hydrogen-bond donors (Lipinski definition) is 2. The van der Waals surface area contributed by atoms with E-state index in [1.165, 1.54) is 30.1 Å². The van der Waals surface area contributed by atoms with Gasteiger partial charge in [-0.1, -0.05) is 23.2 Å². The second-order valence-corrected chi connectivity index (χ2v) is 6.17. The summed E-state index contributed by atoms with van der Waals surface area (Å²) in [7, 11) is 1.51. The van der Waals surface area contributed by atoms with Gasteiger partial charge in [0.25, 0.3) is 5.91 Å². The van der Waals surface area contributed by atoms with Crippen molar-refractivity contribution in [3.05, 3.63) is 33.8 Å². The van der Waals surface area contributed by atoms with Crippen molar-refractivity contribution in [2.75, 3.05) is 13.6 Å². The Labute approximate surface area is 143 Å². The molecule has 1 saturated heterocycles. The van der Waals surface area contributed by atoms with Gasteiger partial charge in [-0.05, 0) is 31.0 Å². The summed E-state index contributed by atoms with van der Waals surface area (Å²) in [6.45, 7) is 0.0361. The number of piperidine rings is 1. The summed E-state index contributed by atoms with van der Waals surface area (Å²) in [4.78, 5) is 37.2. The molecule has 0 unspecified atom stereocenters. The number of carboxylic acid groups (broad SMARTS) is 1. The Hall–Kier alpha value is -1.79. The highest BCUT2D eigenvalue weighted by Crippen LogP contribution is 2.28. The smallest absolute Gasteiger partial charge is 0.326 e. The maximum atomic E-state index is 12.7. The van der Waals surface area contributed by atoms with Crippen LogP contribution in [0, 0.1) is 5.92 Å². The first-order chi connectivity index (χ1) is 10.8. The van der Waals surface area contributed by atoms with Crippen molar-refractivity contribution in [1.82, 2.24) is 10.2 Å². The Kier molecular flexibility index (Phi) is 5.49. The van der Waals surface area contributed by atoms with E-state index in [1.54, 1.807) is 0 Å². The lowest BCUT2D eigenvalue weighted by atomic mass is 9.91. The molecule has 124 valence electrons. The van der Waals surface area contributed by atoms with Gasteiger partial charge < -0.3 is 15.3 Å². The van der Waals surface area contributed by atoms with Crippen LogP contribution in [0.25, 0.3) is 0 Å². The van der Waals surface area contributed by atoms with Gasteiger partial charge in [0.05, 0.1) is 16.5 Å². The molecule has 0 saturated carbocycles. The summed E-state index contributed by atoms with van der Waals surface area (Å²) < 4.78 is 0.